The highest BCUT2D eigenvalue weighted by molar-refractivity contribution is 5.20. The summed E-state index contributed by atoms with van der Waals surface area (Å²) in [5, 5.41) is 20.5. The number of hydrogen-bond acceptors (Lipinski definition) is 3. The number of aromatic amines is 1. The maximum absolute atomic E-state index is 9.96. The van der Waals surface area contributed by atoms with Gasteiger partial charge < -0.3 is 5.11 Å². The lowest BCUT2D eigenvalue weighted by atomic mass is 10.1. The summed E-state index contributed by atoms with van der Waals surface area (Å²) in [6.45, 7) is 2.73. The quantitative estimate of drug-likeness (QED) is 0.752. The molecule has 0 bridgehead atoms. The number of aryl methyl sites for hydroxylation is 1. The van der Waals surface area contributed by atoms with E-state index in [9.17, 15) is 5.11 Å². The van der Waals surface area contributed by atoms with E-state index < -0.39 is 6.10 Å². The fourth-order valence-corrected chi connectivity index (χ4v) is 1.42. The van der Waals surface area contributed by atoms with E-state index >= 15 is 0 Å². The van der Waals surface area contributed by atoms with Gasteiger partial charge in [-0.25, -0.2) is 0 Å². The predicted molar refractivity (Wildman–Crippen MR) is 50.6 cm³/mol. The van der Waals surface area contributed by atoms with Crippen LogP contribution in [0.5, 0.6) is 0 Å². The van der Waals surface area contributed by atoms with Crippen molar-refractivity contribution in [3.05, 3.63) is 35.9 Å². The Morgan fingerprint density at radius 2 is 2.50 bits per heavy atom. The summed E-state index contributed by atoms with van der Waals surface area (Å²) >= 11 is 0. The molecule has 14 heavy (non-hydrogen) atoms. The summed E-state index contributed by atoms with van der Waals surface area (Å²) in [5.41, 5.74) is 1.54. The van der Waals surface area contributed by atoms with Crippen LogP contribution in [-0.4, -0.2) is 25.1 Å². The van der Waals surface area contributed by atoms with Crippen molar-refractivity contribution in [2.45, 2.75) is 19.6 Å². The van der Waals surface area contributed by atoms with Crippen LogP contribution in [-0.2, 0) is 6.54 Å². The van der Waals surface area contributed by atoms with E-state index in [1.807, 2.05) is 6.92 Å². The van der Waals surface area contributed by atoms with E-state index in [0.717, 1.165) is 17.8 Å². The summed E-state index contributed by atoms with van der Waals surface area (Å²) in [6, 6.07) is 1.81. The van der Waals surface area contributed by atoms with Crippen LogP contribution in [0.15, 0.2) is 24.7 Å². The van der Waals surface area contributed by atoms with Crippen molar-refractivity contribution in [3.63, 3.8) is 0 Å². The molecule has 0 radical (unpaired) electrons. The van der Waals surface area contributed by atoms with Gasteiger partial charge in [-0.05, 0) is 13.0 Å². The second-order valence-electron chi connectivity index (χ2n) is 3.01. The zero-order chi connectivity index (χ0) is 9.97. The second kappa shape index (κ2) is 3.63. The summed E-state index contributed by atoms with van der Waals surface area (Å²) in [5.74, 6) is 0. The maximum Gasteiger partial charge on any atom is 0.124 e. The molecule has 2 rings (SSSR count). The van der Waals surface area contributed by atoms with Crippen LogP contribution in [0, 0.1) is 0 Å². The van der Waals surface area contributed by atoms with Crippen LogP contribution in [0.2, 0.25) is 0 Å². The predicted octanol–water partition coefficient (Wildman–Crippen LogP) is 0.708. The lowest BCUT2D eigenvalue weighted by molar-refractivity contribution is 0.208. The first-order chi connectivity index (χ1) is 6.83. The molecular formula is C9H12N4O. The number of nitrogens with one attached hydrogen (secondary N) is 1. The van der Waals surface area contributed by atoms with Crippen LogP contribution in [0.1, 0.15) is 24.3 Å². The normalized spacial score (nSPS) is 13.0. The molecule has 5 nitrogen and oxygen atoms in total. The van der Waals surface area contributed by atoms with E-state index in [2.05, 4.69) is 15.3 Å². The fraction of sp³-hybridized carbons (Fsp3) is 0.333. The molecule has 0 aliphatic rings. The third-order valence-corrected chi connectivity index (χ3v) is 2.16. The first-order valence-electron chi connectivity index (χ1n) is 4.51. The molecule has 0 aliphatic carbocycles. The molecule has 0 fully saturated rings. The van der Waals surface area contributed by atoms with E-state index in [1.54, 1.807) is 29.3 Å². The van der Waals surface area contributed by atoms with Gasteiger partial charge in [-0.2, -0.15) is 10.2 Å². The average molecular weight is 192 g/mol. The van der Waals surface area contributed by atoms with E-state index in [1.165, 1.54) is 0 Å². The lowest BCUT2D eigenvalue weighted by Crippen LogP contribution is -2.08. The van der Waals surface area contributed by atoms with Crippen LogP contribution in [0.3, 0.4) is 0 Å². The van der Waals surface area contributed by atoms with Crippen LogP contribution < -0.4 is 0 Å². The Balaban J connectivity index is 2.31. The molecule has 2 N–H and O–H groups in total. The highest BCUT2D eigenvalue weighted by Crippen LogP contribution is 2.19. The van der Waals surface area contributed by atoms with Crippen molar-refractivity contribution in [2.24, 2.45) is 0 Å². The molecule has 0 saturated heterocycles. The molecule has 0 saturated carbocycles. The second-order valence-corrected chi connectivity index (χ2v) is 3.01. The Bertz CT molecular complexity index is 393. The third kappa shape index (κ3) is 1.42. The Hall–Kier alpha value is -1.62. The number of H-pyrrole nitrogens is 1. The Morgan fingerprint density at radius 1 is 1.64 bits per heavy atom. The molecule has 0 spiro atoms. The van der Waals surface area contributed by atoms with Gasteiger partial charge in [0.25, 0.3) is 0 Å². The first-order valence-corrected chi connectivity index (χ1v) is 4.51. The summed E-state index contributed by atoms with van der Waals surface area (Å²) in [6.07, 6.45) is 4.31. The standard InChI is InChI=1S/C9H12N4O/c1-2-13-8(3-4-12-13)9(14)7-5-10-11-6-7/h3-6,9,14H,2H2,1H3,(H,10,11). The van der Waals surface area contributed by atoms with Crippen molar-refractivity contribution >= 4 is 0 Å². The van der Waals surface area contributed by atoms with Gasteiger partial charge >= 0.3 is 0 Å². The number of aliphatic hydroxyl groups is 1. The van der Waals surface area contributed by atoms with Crippen LogP contribution in [0.4, 0.5) is 0 Å². The zero-order valence-corrected chi connectivity index (χ0v) is 7.88. The van der Waals surface area contributed by atoms with Crippen molar-refractivity contribution in [1.82, 2.24) is 20.0 Å². The number of rotatable bonds is 3. The molecule has 0 aromatic carbocycles. The number of aromatic nitrogens is 4. The van der Waals surface area contributed by atoms with Crippen molar-refractivity contribution in [3.8, 4) is 0 Å². The minimum absolute atomic E-state index is 0.656. The maximum atomic E-state index is 9.96. The summed E-state index contributed by atoms with van der Waals surface area (Å²) < 4.78 is 1.76. The Morgan fingerprint density at radius 3 is 3.14 bits per heavy atom. The van der Waals surface area contributed by atoms with Crippen molar-refractivity contribution < 1.29 is 5.11 Å². The van der Waals surface area contributed by atoms with Crippen molar-refractivity contribution in [1.29, 1.82) is 0 Å². The van der Waals surface area contributed by atoms with Crippen molar-refractivity contribution in [2.75, 3.05) is 0 Å². The molecule has 1 unspecified atom stereocenters. The third-order valence-electron chi connectivity index (χ3n) is 2.16. The van der Waals surface area contributed by atoms with Crippen LogP contribution >= 0.6 is 0 Å². The first kappa shape index (κ1) is 8.96. The molecular weight excluding hydrogens is 180 g/mol. The molecule has 0 aliphatic heterocycles. The highest BCUT2D eigenvalue weighted by Gasteiger charge is 2.15. The van der Waals surface area contributed by atoms with Gasteiger partial charge in [-0.1, -0.05) is 0 Å². The monoisotopic (exact) mass is 192 g/mol. The molecule has 74 valence electrons. The lowest BCUT2D eigenvalue weighted by Gasteiger charge is -2.09. The summed E-state index contributed by atoms with van der Waals surface area (Å²) in [4.78, 5) is 0. The number of hydrogen-bond donors (Lipinski definition) is 2. The topological polar surface area (TPSA) is 66.7 Å². The number of nitrogens with zero attached hydrogens (tertiary/aromatic N) is 3. The van der Waals surface area contributed by atoms with Crippen LogP contribution in [0.25, 0.3) is 0 Å². The fourth-order valence-electron chi connectivity index (χ4n) is 1.42. The number of aliphatic hydroxyl groups excluding tert-OH is 1. The Kier molecular flexibility index (Phi) is 2.32. The smallest absolute Gasteiger partial charge is 0.124 e. The van der Waals surface area contributed by atoms with Gasteiger partial charge in [0.15, 0.2) is 0 Å². The minimum Gasteiger partial charge on any atom is -0.382 e. The van der Waals surface area contributed by atoms with E-state index in [0.29, 0.717) is 0 Å². The van der Waals surface area contributed by atoms with E-state index in [-0.39, 0.29) is 0 Å². The molecule has 2 heterocycles. The van der Waals surface area contributed by atoms with E-state index in [4.69, 9.17) is 0 Å². The molecule has 5 heteroatoms. The van der Waals surface area contributed by atoms with Gasteiger partial charge in [0, 0.05) is 24.5 Å². The Labute approximate surface area is 81.4 Å². The minimum atomic E-state index is -0.656. The molecule has 0 amide bonds. The molecule has 2 aromatic rings. The molecule has 1 atom stereocenters. The highest BCUT2D eigenvalue weighted by atomic mass is 16.3. The van der Waals surface area contributed by atoms with Gasteiger partial charge in [0.2, 0.25) is 0 Å². The zero-order valence-electron chi connectivity index (χ0n) is 7.88. The van der Waals surface area contributed by atoms with Gasteiger partial charge in [-0.3, -0.25) is 9.78 Å². The average Bonchev–Trinajstić information content (AvgIpc) is 2.87. The SMILES string of the molecule is CCn1nccc1C(O)c1cn[nH]c1. The van der Waals surface area contributed by atoms with Gasteiger partial charge in [-0.15, -0.1) is 0 Å². The van der Waals surface area contributed by atoms with Gasteiger partial charge in [0.05, 0.1) is 11.9 Å². The largest absolute Gasteiger partial charge is 0.382 e. The molecule has 2 aromatic heterocycles. The summed E-state index contributed by atoms with van der Waals surface area (Å²) in [7, 11) is 0. The van der Waals surface area contributed by atoms with Gasteiger partial charge in [0.1, 0.15) is 6.10 Å².